The number of rotatable bonds is 4. The molecule has 0 unspecified atom stereocenters. The quantitative estimate of drug-likeness (QED) is 0.543. The molecule has 0 bridgehead atoms. The second-order valence-corrected chi connectivity index (χ2v) is 8.00. The summed E-state index contributed by atoms with van der Waals surface area (Å²) in [5, 5.41) is 2.88. The SMILES string of the molecule is O=C(Nc1c(F)cc(F)cc1F)N1CCN([C@@H](c2ccccc2)c2ccc(Cl)cc2)CC1. The average Bonchev–Trinajstić information content (AvgIpc) is 2.79. The first-order valence-electron chi connectivity index (χ1n) is 10.2. The first-order valence-corrected chi connectivity index (χ1v) is 10.5. The van der Waals surface area contributed by atoms with Crippen molar-refractivity contribution in [3.8, 4) is 0 Å². The third kappa shape index (κ3) is 4.89. The second kappa shape index (κ2) is 9.63. The van der Waals surface area contributed by atoms with E-state index in [1.54, 1.807) is 0 Å². The smallest absolute Gasteiger partial charge is 0.322 e. The maximum Gasteiger partial charge on any atom is 0.322 e. The fraction of sp³-hybridized carbons (Fsp3) is 0.208. The van der Waals surface area contributed by atoms with Crippen molar-refractivity contribution in [3.05, 3.63) is 100 Å². The molecule has 1 saturated heterocycles. The molecule has 4 rings (SSSR count). The van der Waals surface area contributed by atoms with E-state index in [1.165, 1.54) is 4.90 Å². The van der Waals surface area contributed by atoms with Crippen LogP contribution in [-0.2, 0) is 0 Å². The Labute approximate surface area is 189 Å². The zero-order chi connectivity index (χ0) is 22.7. The lowest BCUT2D eigenvalue weighted by molar-refractivity contribution is 0.126. The Balaban J connectivity index is 1.47. The fourth-order valence-electron chi connectivity index (χ4n) is 3.93. The molecule has 2 amide bonds. The number of hydrogen-bond donors (Lipinski definition) is 1. The van der Waals surface area contributed by atoms with Gasteiger partial charge in [-0.3, -0.25) is 4.90 Å². The van der Waals surface area contributed by atoms with Crippen LogP contribution >= 0.6 is 11.6 Å². The lowest BCUT2D eigenvalue weighted by Gasteiger charge is -2.39. The summed E-state index contributed by atoms with van der Waals surface area (Å²) in [7, 11) is 0. The number of halogens is 4. The normalized spacial score (nSPS) is 15.4. The Morgan fingerprint density at radius 3 is 2.00 bits per heavy atom. The Morgan fingerprint density at radius 1 is 0.844 bits per heavy atom. The summed E-state index contributed by atoms with van der Waals surface area (Å²) in [6.45, 7) is 1.86. The molecule has 1 atom stereocenters. The molecule has 32 heavy (non-hydrogen) atoms. The number of nitrogens with one attached hydrogen (secondary N) is 1. The van der Waals surface area contributed by atoms with Gasteiger partial charge in [-0.1, -0.05) is 54.1 Å². The molecule has 3 aromatic carbocycles. The van der Waals surface area contributed by atoms with Gasteiger partial charge < -0.3 is 10.2 Å². The van der Waals surface area contributed by atoms with E-state index in [9.17, 15) is 18.0 Å². The molecule has 166 valence electrons. The summed E-state index contributed by atoms with van der Waals surface area (Å²) in [6, 6.07) is 18.1. The largest absolute Gasteiger partial charge is 0.322 e. The van der Waals surface area contributed by atoms with E-state index in [4.69, 9.17) is 11.6 Å². The van der Waals surface area contributed by atoms with Crippen LogP contribution < -0.4 is 5.32 Å². The molecule has 0 radical (unpaired) electrons. The summed E-state index contributed by atoms with van der Waals surface area (Å²) in [5.74, 6) is -3.34. The zero-order valence-corrected chi connectivity index (χ0v) is 17.8. The minimum Gasteiger partial charge on any atom is -0.322 e. The number of hydrogen-bond acceptors (Lipinski definition) is 2. The number of nitrogens with zero attached hydrogens (tertiary/aromatic N) is 2. The molecule has 1 fully saturated rings. The van der Waals surface area contributed by atoms with Crippen molar-refractivity contribution in [1.82, 2.24) is 9.80 Å². The maximum atomic E-state index is 13.9. The minimum absolute atomic E-state index is 0.0225. The van der Waals surface area contributed by atoms with Crippen molar-refractivity contribution < 1.29 is 18.0 Å². The summed E-state index contributed by atoms with van der Waals surface area (Å²) in [4.78, 5) is 16.3. The van der Waals surface area contributed by atoms with E-state index in [0.717, 1.165) is 11.1 Å². The van der Waals surface area contributed by atoms with Crippen LogP contribution in [0.2, 0.25) is 5.02 Å². The number of benzene rings is 3. The van der Waals surface area contributed by atoms with Crippen molar-refractivity contribution in [1.29, 1.82) is 0 Å². The van der Waals surface area contributed by atoms with Crippen molar-refractivity contribution in [3.63, 3.8) is 0 Å². The molecule has 4 nitrogen and oxygen atoms in total. The maximum absolute atomic E-state index is 13.9. The minimum atomic E-state index is -1.15. The zero-order valence-electron chi connectivity index (χ0n) is 17.1. The number of carbonyl (C=O) groups is 1. The monoisotopic (exact) mass is 459 g/mol. The van der Waals surface area contributed by atoms with Gasteiger partial charge in [0.1, 0.15) is 11.5 Å². The summed E-state index contributed by atoms with van der Waals surface area (Å²) in [5.41, 5.74) is 1.54. The predicted molar refractivity (Wildman–Crippen MR) is 118 cm³/mol. The first-order chi connectivity index (χ1) is 15.4. The summed E-state index contributed by atoms with van der Waals surface area (Å²) in [6.07, 6.45) is 0. The van der Waals surface area contributed by atoms with Crippen LogP contribution in [0.5, 0.6) is 0 Å². The topological polar surface area (TPSA) is 35.6 Å². The number of urea groups is 1. The molecule has 8 heteroatoms. The highest BCUT2D eigenvalue weighted by molar-refractivity contribution is 6.30. The van der Waals surface area contributed by atoms with Crippen LogP contribution in [0, 0.1) is 17.5 Å². The van der Waals surface area contributed by atoms with Crippen molar-refractivity contribution in [2.75, 3.05) is 31.5 Å². The molecular weight excluding hydrogens is 439 g/mol. The molecule has 3 aromatic rings. The molecule has 1 heterocycles. The molecule has 1 N–H and O–H groups in total. The van der Waals surface area contributed by atoms with E-state index < -0.39 is 29.2 Å². The second-order valence-electron chi connectivity index (χ2n) is 7.56. The molecular formula is C24H21ClF3N3O. The van der Waals surface area contributed by atoms with E-state index in [1.807, 2.05) is 42.5 Å². The van der Waals surface area contributed by atoms with Crippen molar-refractivity contribution >= 4 is 23.3 Å². The van der Waals surface area contributed by atoms with Gasteiger partial charge in [-0.2, -0.15) is 0 Å². The Hall–Kier alpha value is -3.03. The van der Waals surface area contributed by atoms with Gasteiger partial charge in [0, 0.05) is 43.3 Å². The Kier molecular flexibility index (Phi) is 6.67. The first kappa shape index (κ1) is 22.2. The lowest BCUT2D eigenvalue weighted by Crippen LogP contribution is -2.51. The van der Waals surface area contributed by atoms with Gasteiger partial charge in [-0.05, 0) is 23.3 Å². The highest BCUT2D eigenvalue weighted by atomic mass is 35.5. The van der Waals surface area contributed by atoms with E-state index >= 15 is 0 Å². The van der Waals surface area contributed by atoms with Gasteiger partial charge in [0.2, 0.25) is 0 Å². The highest BCUT2D eigenvalue weighted by Crippen LogP contribution is 2.30. The van der Waals surface area contributed by atoms with Gasteiger partial charge in [0.25, 0.3) is 0 Å². The van der Waals surface area contributed by atoms with Crippen LogP contribution in [0.25, 0.3) is 0 Å². The number of piperazine rings is 1. The van der Waals surface area contributed by atoms with Crippen LogP contribution in [-0.4, -0.2) is 42.0 Å². The van der Waals surface area contributed by atoms with Gasteiger partial charge in [0.05, 0.1) is 6.04 Å². The standard InChI is InChI=1S/C24H21ClF3N3O/c25-18-8-6-17(7-9-18)23(16-4-2-1-3-5-16)30-10-12-31(13-11-30)24(32)29-22-20(27)14-19(26)15-21(22)28/h1-9,14-15,23H,10-13H2,(H,29,32)/t23-/m0/s1. The van der Waals surface area contributed by atoms with Crippen LogP contribution in [0.3, 0.4) is 0 Å². The van der Waals surface area contributed by atoms with E-state index in [2.05, 4.69) is 22.3 Å². The van der Waals surface area contributed by atoms with E-state index in [-0.39, 0.29) is 6.04 Å². The van der Waals surface area contributed by atoms with Gasteiger partial charge in [-0.15, -0.1) is 0 Å². The van der Waals surface area contributed by atoms with Crippen molar-refractivity contribution in [2.24, 2.45) is 0 Å². The fourth-order valence-corrected chi connectivity index (χ4v) is 4.05. The van der Waals surface area contributed by atoms with E-state index in [0.29, 0.717) is 43.3 Å². The average molecular weight is 460 g/mol. The van der Waals surface area contributed by atoms with Crippen molar-refractivity contribution in [2.45, 2.75) is 6.04 Å². The van der Waals surface area contributed by atoms with Gasteiger partial charge in [-0.25, -0.2) is 18.0 Å². The molecule has 0 saturated carbocycles. The van der Waals surface area contributed by atoms with Gasteiger partial charge in [0.15, 0.2) is 11.6 Å². The molecule has 0 aromatic heterocycles. The van der Waals surface area contributed by atoms with Crippen LogP contribution in [0.1, 0.15) is 17.2 Å². The Morgan fingerprint density at radius 2 is 1.41 bits per heavy atom. The third-order valence-corrected chi connectivity index (χ3v) is 5.76. The number of anilines is 1. The van der Waals surface area contributed by atoms with Crippen LogP contribution in [0.4, 0.5) is 23.7 Å². The van der Waals surface area contributed by atoms with Crippen LogP contribution in [0.15, 0.2) is 66.7 Å². The Bertz CT molecular complexity index is 1060. The highest BCUT2D eigenvalue weighted by Gasteiger charge is 2.29. The summed E-state index contributed by atoms with van der Waals surface area (Å²) < 4.78 is 40.9. The van der Waals surface area contributed by atoms with Gasteiger partial charge >= 0.3 is 6.03 Å². The number of carbonyl (C=O) groups excluding carboxylic acids is 1. The lowest BCUT2D eigenvalue weighted by atomic mass is 9.96. The molecule has 0 aliphatic carbocycles. The summed E-state index contributed by atoms with van der Waals surface area (Å²) >= 11 is 6.06. The molecule has 0 spiro atoms. The predicted octanol–water partition coefficient (Wildman–Crippen LogP) is 5.70. The molecule has 1 aliphatic rings. The third-order valence-electron chi connectivity index (χ3n) is 5.51. The number of amides is 2. The molecule has 1 aliphatic heterocycles.